The highest BCUT2D eigenvalue weighted by Gasteiger charge is 2.08. The molecule has 2 heteroatoms. The van der Waals surface area contributed by atoms with Gasteiger partial charge in [-0.1, -0.05) is 85.5 Å². The molecule has 0 bridgehead atoms. The van der Waals surface area contributed by atoms with Crippen LogP contribution in [-0.2, 0) is 6.54 Å². The molecule has 0 spiro atoms. The van der Waals surface area contributed by atoms with Crippen molar-refractivity contribution in [3.8, 4) is 0 Å². The quantitative estimate of drug-likeness (QED) is 0.267. The van der Waals surface area contributed by atoms with Gasteiger partial charge in [0.1, 0.15) is 0 Å². The zero-order valence-electron chi connectivity index (χ0n) is 17.4. The molecule has 150 valence electrons. The predicted molar refractivity (Wildman–Crippen MR) is 135 cm³/mol. The van der Waals surface area contributed by atoms with Crippen LogP contribution in [0, 0.1) is 0 Å². The largest absolute Gasteiger partial charge is 0.337 e. The molecule has 0 amide bonds. The van der Waals surface area contributed by atoms with Crippen molar-refractivity contribution in [3.63, 3.8) is 0 Å². The minimum Gasteiger partial charge on any atom is -0.337 e. The first kappa shape index (κ1) is 19.0. The normalized spacial score (nSPS) is 11.0. The lowest BCUT2D eigenvalue weighted by atomic mass is 10.2. The molecule has 0 N–H and O–H groups in total. The Labute approximate surface area is 182 Å². The summed E-state index contributed by atoms with van der Waals surface area (Å²) in [5.41, 5.74) is 5.00. The van der Waals surface area contributed by atoms with Crippen LogP contribution in [0.1, 0.15) is 0 Å². The summed E-state index contributed by atoms with van der Waals surface area (Å²) in [6.07, 6.45) is 3.81. The predicted octanol–water partition coefficient (Wildman–Crippen LogP) is 7.88. The van der Waals surface area contributed by atoms with Crippen LogP contribution in [-0.4, -0.2) is 9.13 Å². The van der Waals surface area contributed by atoms with E-state index in [0.29, 0.717) is 0 Å². The molecule has 0 atom stereocenters. The van der Waals surface area contributed by atoms with Gasteiger partial charge >= 0.3 is 0 Å². The zero-order valence-corrected chi connectivity index (χ0v) is 17.4. The molecule has 0 unspecified atom stereocenters. The van der Waals surface area contributed by atoms with Crippen molar-refractivity contribution in [2.45, 2.75) is 6.54 Å². The Kier molecular flexibility index (Phi) is 4.89. The summed E-state index contributed by atoms with van der Waals surface area (Å²) in [6.45, 7) is 8.55. The van der Waals surface area contributed by atoms with E-state index in [4.69, 9.17) is 0 Å². The monoisotopic (exact) mass is 400 g/mol. The topological polar surface area (TPSA) is 9.86 Å². The van der Waals surface area contributed by atoms with Gasteiger partial charge in [-0.05, 0) is 24.3 Å². The molecule has 6 aromatic rings. The molecule has 4 aromatic carbocycles. The number of para-hydroxylation sites is 4. The molecule has 0 radical (unpaired) electrons. The van der Waals surface area contributed by atoms with Crippen LogP contribution >= 0.6 is 0 Å². The second-order valence-corrected chi connectivity index (χ2v) is 7.52. The summed E-state index contributed by atoms with van der Waals surface area (Å²) in [4.78, 5) is 0. The fourth-order valence-corrected chi connectivity index (χ4v) is 4.48. The van der Waals surface area contributed by atoms with E-state index >= 15 is 0 Å². The molecular weight excluding hydrogens is 376 g/mol. The second kappa shape index (κ2) is 8.00. The molecule has 2 nitrogen and oxygen atoms in total. The van der Waals surface area contributed by atoms with Crippen LogP contribution in [0.15, 0.2) is 116 Å². The Hall–Kier alpha value is -4.04. The van der Waals surface area contributed by atoms with Crippen molar-refractivity contribution < 1.29 is 0 Å². The third-order valence-corrected chi connectivity index (χ3v) is 5.79. The first-order valence-electron chi connectivity index (χ1n) is 10.5. The molecule has 0 saturated heterocycles. The number of allylic oxidation sites excluding steroid dienone is 1. The zero-order chi connectivity index (χ0) is 21.2. The summed E-state index contributed by atoms with van der Waals surface area (Å²) in [6, 6.07) is 33.8. The van der Waals surface area contributed by atoms with Crippen LogP contribution in [0.3, 0.4) is 0 Å². The average Bonchev–Trinajstić information content (AvgIpc) is 3.33. The van der Waals surface area contributed by atoms with E-state index in [9.17, 15) is 0 Å². The third kappa shape index (κ3) is 3.13. The molecule has 0 aliphatic carbocycles. The highest BCUT2D eigenvalue weighted by molar-refractivity contribution is 6.09. The molecule has 2 aromatic heterocycles. The Bertz CT molecular complexity index is 1440. The van der Waals surface area contributed by atoms with Gasteiger partial charge in [0.05, 0.1) is 11.0 Å². The SMILES string of the molecule is C=CCn1c2ccccc2c2ccccc21.C=Cn1c2ccccc2c2ccccc21. The fraction of sp³-hybridized carbons (Fsp3) is 0.0345. The third-order valence-electron chi connectivity index (χ3n) is 5.79. The Balaban J connectivity index is 0.000000132. The van der Waals surface area contributed by atoms with E-state index in [0.717, 1.165) is 6.54 Å². The van der Waals surface area contributed by atoms with E-state index in [1.165, 1.54) is 43.6 Å². The van der Waals surface area contributed by atoms with Crippen molar-refractivity contribution >= 4 is 49.8 Å². The Morgan fingerprint density at radius 2 is 0.871 bits per heavy atom. The molecule has 31 heavy (non-hydrogen) atoms. The van der Waals surface area contributed by atoms with E-state index in [1.54, 1.807) is 0 Å². The van der Waals surface area contributed by atoms with Gasteiger partial charge in [0.15, 0.2) is 0 Å². The van der Waals surface area contributed by atoms with Crippen molar-refractivity contribution in [1.82, 2.24) is 9.13 Å². The summed E-state index contributed by atoms with van der Waals surface area (Å²) < 4.78 is 4.43. The van der Waals surface area contributed by atoms with Gasteiger partial charge in [0.25, 0.3) is 0 Å². The van der Waals surface area contributed by atoms with Gasteiger partial charge < -0.3 is 9.13 Å². The van der Waals surface area contributed by atoms with Gasteiger partial charge in [-0.2, -0.15) is 0 Å². The lowest BCUT2D eigenvalue weighted by Gasteiger charge is -2.02. The number of aromatic nitrogens is 2. The van der Waals surface area contributed by atoms with Gasteiger partial charge in [0.2, 0.25) is 0 Å². The first-order valence-corrected chi connectivity index (χ1v) is 10.5. The maximum absolute atomic E-state index is 3.87. The lowest BCUT2D eigenvalue weighted by Crippen LogP contribution is -1.93. The lowest BCUT2D eigenvalue weighted by molar-refractivity contribution is 0.901. The highest BCUT2D eigenvalue weighted by Crippen LogP contribution is 2.29. The van der Waals surface area contributed by atoms with Crippen molar-refractivity contribution in [1.29, 1.82) is 0 Å². The summed E-state index contributed by atoms with van der Waals surface area (Å²) in [5, 5.41) is 5.21. The van der Waals surface area contributed by atoms with E-state index in [-0.39, 0.29) is 0 Å². The van der Waals surface area contributed by atoms with Crippen LogP contribution < -0.4 is 0 Å². The van der Waals surface area contributed by atoms with Crippen LogP contribution in [0.5, 0.6) is 0 Å². The second-order valence-electron chi connectivity index (χ2n) is 7.52. The van der Waals surface area contributed by atoms with Gasteiger partial charge in [-0.3, -0.25) is 0 Å². The van der Waals surface area contributed by atoms with Crippen LogP contribution in [0.4, 0.5) is 0 Å². The van der Waals surface area contributed by atoms with Crippen LogP contribution in [0.25, 0.3) is 49.8 Å². The number of rotatable bonds is 3. The molecule has 6 rings (SSSR count). The van der Waals surface area contributed by atoms with Crippen molar-refractivity contribution in [2.75, 3.05) is 0 Å². The van der Waals surface area contributed by atoms with E-state index < -0.39 is 0 Å². The molecule has 2 heterocycles. The van der Waals surface area contributed by atoms with Gasteiger partial charge in [0, 0.05) is 45.3 Å². The number of benzene rings is 4. The average molecular weight is 401 g/mol. The maximum atomic E-state index is 3.87. The molecule has 0 aliphatic rings. The van der Waals surface area contributed by atoms with E-state index in [2.05, 4.69) is 119 Å². The van der Waals surface area contributed by atoms with Crippen LogP contribution in [0.2, 0.25) is 0 Å². The molecule has 0 fully saturated rings. The van der Waals surface area contributed by atoms with Gasteiger partial charge in [-0.25, -0.2) is 0 Å². The minimum atomic E-state index is 0.855. The number of hydrogen-bond donors (Lipinski definition) is 0. The number of hydrogen-bond acceptors (Lipinski definition) is 0. The standard InChI is InChI=1S/C15H13N.C14H11N/c1-2-11-16-14-9-5-3-7-12(14)13-8-4-6-10-15(13)16;1-2-15-13-9-5-3-7-11(13)12-8-4-6-10-14(12)15/h2-10H,1,11H2;2-10H,1H2. The van der Waals surface area contributed by atoms with Gasteiger partial charge in [-0.15, -0.1) is 6.58 Å². The Morgan fingerprint density at radius 1 is 0.516 bits per heavy atom. The first-order chi connectivity index (χ1) is 15.3. The fourth-order valence-electron chi connectivity index (χ4n) is 4.48. The molecular formula is C29H24N2. The smallest absolute Gasteiger partial charge is 0.0534 e. The summed E-state index contributed by atoms with van der Waals surface area (Å²) in [7, 11) is 0. The Morgan fingerprint density at radius 3 is 1.26 bits per heavy atom. The summed E-state index contributed by atoms with van der Waals surface area (Å²) in [5.74, 6) is 0. The van der Waals surface area contributed by atoms with Crippen molar-refractivity contribution in [3.05, 3.63) is 116 Å². The molecule has 0 saturated carbocycles. The number of fused-ring (bicyclic) bond motifs is 6. The summed E-state index contributed by atoms with van der Waals surface area (Å²) >= 11 is 0. The highest BCUT2D eigenvalue weighted by atomic mass is 15.0. The molecule has 0 aliphatic heterocycles. The minimum absolute atomic E-state index is 0.855. The van der Waals surface area contributed by atoms with Crippen molar-refractivity contribution in [2.24, 2.45) is 0 Å². The number of nitrogens with zero attached hydrogens (tertiary/aromatic N) is 2. The van der Waals surface area contributed by atoms with E-state index in [1.807, 2.05) is 12.3 Å². The maximum Gasteiger partial charge on any atom is 0.0534 e.